The van der Waals surface area contributed by atoms with Gasteiger partial charge in [0.2, 0.25) is 0 Å². The zero-order valence-corrected chi connectivity index (χ0v) is 9.06. The molecule has 0 aromatic heterocycles. The summed E-state index contributed by atoms with van der Waals surface area (Å²) in [6.07, 6.45) is 0. The second-order valence-corrected chi connectivity index (χ2v) is 9.77. The van der Waals surface area contributed by atoms with E-state index in [1.807, 2.05) is 0 Å². The molecule has 0 aromatic rings. The van der Waals surface area contributed by atoms with E-state index >= 15 is 0 Å². The summed E-state index contributed by atoms with van der Waals surface area (Å²) in [6, 6.07) is 0. The van der Waals surface area contributed by atoms with Crippen molar-refractivity contribution in [1.82, 2.24) is 0 Å². The van der Waals surface area contributed by atoms with Gasteiger partial charge >= 0.3 is 40.9 Å². The molecule has 0 amide bonds. The Bertz CT molecular complexity index is 11.6. The molecule has 0 aliphatic rings. The average molecular weight is 354 g/mol. The molecule has 0 spiro atoms. The summed E-state index contributed by atoms with van der Waals surface area (Å²) in [7, 11) is 6.61. The maximum atomic E-state index is 5.11. The van der Waals surface area contributed by atoms with Crippen molar-refractivity contribution in [3.63, 3.8) is 0 Å². The van der Waals surface area contributed by atoms with Crippen LogP contribution < -0.4 is 5.73 Å². The van der Waals surface area contributed by atoms with Gasteiger partial charge in [-0.15, -0.1) is 0 Å². The molecule has 5 heavy (non-hydrogen) atoms. The Balaban J connectivity index is 0. The Morgan fingerprint density at radius 1 is 1.80 bits per heavy atom. The Kier molecular flexibility index (Phi) is 34.2. The molecule has 0 atom stereocenters. The van der Waals surface area contributed by atoms with Gasteiger partial charge in [-0.25, -0.2) is 0 Å². The third-order valence-electron chi connectivity index (χ3n) is 0. The number of halogens is 2. The first-order valence-corrected chi connectivity index (χ1v) is 14.2. The molecule has 2 N–H and O–H groups in total. The molecule has 1 nitrogen and oxygen atoms in total. The number of rotatable bonds is 0. The van der Waals surface area contributed by atoms with Gasteiger partial charge < -0.3 is 5.73 Å². The van der Waals surface area contributed by atoms with E-state index in [4.69, 9.17) is 8.32 Å². The fourth-order valence-electron chi connectivity index (χ4n) is 0. The van der Waals surface area contributed by atoms with E-state index in [2.05, 4.69) is 17.7 Å². The van der Waals surface area contributed by atoms with Crippen LogP contribution in [0.3, 0.4) is 0 Å². The predicted molar refractivity (Wildman–Crippen MR) is 30.6 cm³/mol. The second kappa shape index (κ2) is 17.4. The van der Waals surface area contributed by atoms with E-state index in [0.29, 0.717) is 0 Å². The van der Waals surface area contributed by atoms with E-state index in [9.17, 15) is 0 Å². The van der Waals surface area contributed by atoms with Crippen molar-refractivity contribution in [2.45, 2.75) is 0 Å². The molecule has 0 rings (SSSR count). The predicted octanol–water partition coefficient (Wildman–Crippen LogP) is 0.729. The van der Waals surface area contributed by atoms with Crippen molar-refractivity contribution in [3.05, 3.63) is 0 Å². The molecular formula is CH5BrClNPb. The van der Waals surface area contributed by atoms with Crippen molar-refractivity contribution in [1.29, 1.82) is 0 Å². The maximum absolute atomic E-state index is 5.11. The van der Waals surface area contributed by atoms with Gasteiger partial charge in [-0.3, -0.25) is 0 Å². The minimum atomic E-state index is -0.632. The van der Waals surface area contributed by atoms with E-state index in [-0.39, 0.29) is 0 Å². The summed E-state index contributed by atoms with van der Waals surface area (Å²) in [4.78, 5) is 0. The standard InChI is InChI=1S/CH5N.BrH.ClH.Pb/c1-2;;;/h2H2,1H3;2*1H;/q;;;+2/p-2. The molecule has 0 heterocycles. The summed E-state index contributed by atoms with van der Waals surface area (Å²) < 4.78 is 0. The number of hydrogen-bond acceptors (Lipinski definition) is 1. The van der Waals surface area contributed by atoms with Gasteiger partial charge in [0.15, 0.2) is 0 Å². The summed E-state index contributed by atoms with van der Waals surface area (Å²) in [5.41, 5.74) is 4.50. The quantitative estimate of drug-likeness (QED) is 0.639. The zero-order chi connectivity index (χ0) is 4.71. The monoisotopic (exact) mass is 353 g/mol. The van der Waals surface area contributed by atoms with E-state index < -0.39 is 20.6 Å². The summed E-state index contributed by atoms with van der Waals surface area (Å²) in [5, 5.41) is 0. The van der Waals surface area contributed by atoms with Crippen LogP contribution in [0, 0.1) is 0 Å². The fourth-order valence-corrected chi connectivity index (χ4v) is 0. The average Bonchev–Trinajstić information content (AvgIpc) is 1.46. The Morgan fingerprint density at radius 3 is 1.80 bits per heavy atom. The van der Waals surface area contributed by atoms with Crippen LogP contribution in [0.5, 0.6) is 0 Å². The van der Waals surface area contributed by atoms with Crippen molar-refractivity contribution in [2.24, 2.45) is 5.73 Å². The summed E-state index contributed by atoms with van der Waals surface area (Å²) in [6.45, 7) is 0. The van der Waals surface area contributed by atoms with Gasteiger partial charge in [-0.1, -0.05) is 0 Å². The van der Waals surface area contributed by atoms with Crippen molar-refractivity contribution in [3.8, 4) is 0 Å². The Labute approximate surface area is 53.2 Å². The number of nitrogens with two attached hydrogens (primary N) is 1. The molecule has 2 radical (unpaired) electrons. The molecule has 0 aliphatic carbocycles. The van der Waals surface area contributed by atoms with Gasteiger partial charge in [0.25, 0.3) is 0 Å². The van der Waals surface area contributed by atoms with Crippen molar-refractivity contribution < 1.29 is 0 Å². The van der Waals surface area contributed by atoms with Crippen LogP contribution in [-0.2, 0) is 0 Å². The van der Waals surface area contributed by atoms with Crippen molar-refractivity contribution in [2.75, 3.05) is 7.05 Å². The van der Waals surface area contributed by atoms with Gasteiger partial charge in [0, 0.05) is 0 Å². The summed E-state index contributed by atoms with van der Waals surface area (Å²) >= 11 is 2.47. The first-order chi connectivity index (χ1) is 2.41. The molecule has 0 bridgehead atoms. The first kappa shape index (κ1) is 9.82. The molecule has 0 saturated heterocycles. The van der Waals surface area contributed by atoms with Gasteiger partial charge in [0.1, 0.15) is 0 Å². The van der Waals surface area contributed by atoms with Crippen LogP contribution in [0.25, 0.3) is 0 Å². The topological polar surface area (TPSA) is 26.0 Å². The van der Waals surface area contributed by atoms with Crippen LogP contribution in [-0.4, -0.2) is 27.7 Å². The molecule has 0 unspecified atom stereocenters. The molecule has 0 aromatic carbocycles. The Morgan fingerprint density at radius 2 is 1.80 bits per heavy atom. The molecule has 0 aliphatic heterocycles. The molecule has 32 valence electrons. The van der Waals surface area contributed by atoms with Crippen LogP contribution >= 0.6 is 20.3 Å². The van der Waals surface area contributed by atoms with Crippen LogP contribution in [0.2, 0.25) is 0 Å². The minimum absolute atomic E-state index is 0.632. The SMILES string of the molecule is CN.[Cl][Pb][Br]. The van der Waals surface area contributed by atoms with Gasteiger partial charge in [0.05, 0.1) is 0 Å². The molecule has 0 fully saturated rings. The van der Waals surface area contributed by atoms with Crippen LogP contribution in [0.1, 0.15) is 0 Å². The molecule has 4 heteroatoms. The zero-order valence-electron chi connectivity index (χ0n) is 2.83. The van der Waals surface area contributed by atoms with E-state index in [0.717, 1.165) is 0 Å². The third kappa shape index (κ3) is 27.6. The fraction of sp³-hybridized carbons (Fsp3) is 1.00. The van der Waals surface area contributed by atoms with Gasteiger partial charge in [-0.2, -0.15) is 0 Å². The van der Waals surface area contributed by atoms with Crippen LogP contribution in [0.4, 0.5) is 0 Å². The summed E-state index contributed by atoms with van der Waals surface area (Å²) in [5.74, 6) is 0. The van der Waals surface area contributed by atoms with Crippen LogP contribution in [0.15, 0.2) is 0 Å². The number of hydrogen-bond donors (Lipinski definition) is 1. The van der Waals surface area contributed by atoms with E-state index in [1.54, 1.807) is 0 Å². The Hall–Kier alpha value is 1.65. The normalized spacial score (nSPS) is 4.80. The first-order valence-electron chi connectivity index (χ1n) is 0.955. The molecule has 0 saturated carbocycles. The second-order valence-electron chi connectivity index (χ2n) is 0.0714. The van der Waals surface area contributed by atoms with E-state index in [1.165, 1.54) is 7.05 Å². The third-order valence-corrected chi connectivity index (χ3v) is 0. The van der Waals surface area contributed by atoms with Gasteiger partial charge in [-0.05, 0) is 7.05 Å². The van der Waals surface area contributed by atoms with Crippen molar-refractivity contribution >= 4 is 40.9 Å². The molecular weight excluding hydrogens is 349 g/mol.